The maximum absolute atomic E-state index is 5.38. The third-order valence-corrected chi connectivity index (χ3v) is 4.84. The van der Waals surface area contributed by atoms with Crippen molar-refractivity contribution in [2.45, 2.75) is 13.0 Å². The molecule has 0 spiro atoms. The van der Waals surface area contributed by atoms with Gasteiger partial charge in [-0.05, 0) is 59.2 Å². The van der Waals surface area contributed by atoms with E-state index in [2.05, 4.69) is 40.3 Å². The van der Waals surface area contributed by atoms with E-state index in [4.69, 9.17) is 9.47 Å². The first-order chi connectivity index (χ1) is 9.60. The van der Waals surface area contributed by atoms with Crippen molar-refractivity contribution in [3.8, 4) is 11.5 Å². The lowest BCUT2D eigenvalue weighted by molar-refractivity contribution is 0.354. The van der Waals surface area contributed by atoms with Gasteiger partial charge in [0.05, 0.1) is 24.0 Å². The Bertz CT molecular complexity index is 598. The molecule has 0 aliphatic carbocycles. The number of hydrogen-bond acceptors (Lipinski definition) is 4. The van der Waals surface area contributed by atoms with Crippen LogP contribution in [0.25, 0.3) is 0 Å². The maximum Gasteiger partial charge on any atom is 0.161 e. The average molecular weight is 356 g/mol. The summed E-state index contributed by atoms with van der Waals surface area (Å²) in [7, 11) is 5.27. The zero-order valence-electron chi connectivity index (χ0n) is 12.0. The highest BCUT2D eigenvalue weighted by Gasteiger charge is 2.18. The summed E-state index contributed by atoms with van der Waals surface area (Å²) in [5, 5.41) is 3.37. The number of thiophene rings is 1. The van der Waals surface area contributed by atoms with Gasteiger partial charge in [-0.25, -0.2) is 0 Å². The molecule has 2 aromatic rings. The molecule has 0 amide bonds. The van der Waals surface area contributed by atoms with Crippen LogP contribution in [0.2, 0.25) is 0 Å². The molecule has 2 rings (SSSR count). The van der Waals surface area contributed by atoms with Gasteiger partial charge in [-0.2, -0.15) is 0 Å². The first-order valence-corrected chi connectivity index (χ1v) is 7.86. The highest BCUT2D eigenvalue weighted by molar-refractivity contribution is 9.11. The Hall–Kier alpha value is -1.04. The Labute approximate surface area is 132 Å². The molecule has 0 saturated carbocycles. The number of nitrogens with one attached hydrogen (secondary N) is 1. The standard InChI is InChI=1S/C15H18BrNO2S/c1-9-11(8-14(16)20-9)15(17-2)10-5-6-12(18-3)13(7-10)19-4/h5-8,15,17H,1-4H3. The second kappa shape index (κ2) is 6.61. The maximum atomic E-state index is 5.38. The van der Waals surface area contributed by atoms with E-state index in [1.807, 2.05) is 19.2 Å². The van der Waals surface area contributed by atoms with Crippen LogP contribution in [0.5, 0.6) is 11.5 Å². The van der Waals surface area contributed by atoms with Crippen LogP contribution in [0, 0.1) is 6.92 Å². The largest absolute Gasteiger partial charge is 0.493 e. The summed E-state index contributed by atoms with van der Waals surface area (Å²) >= 11 is 5.30. The molecule has 1 aromatic heterocycles. The van der Waals surface area contributed by atoms with Crippen molar-refractivity contribution in [1.82, 2.24) is 5.32 Å². The van der Waals surface area contributed by atoms with Crippen LogP contribution >= 0.6 is 27.3 Å². The molecule has 0 saturated heterocycles. The van der Waals surface area contributed by atoms with E-state index < -0.39 is 0 Å². The number of halogens is 1. The van der Waals surface area contributed by atoms with Crippen molar-refractivity contribution in [3.05, 3.63) is 44.1 Å². The molecule has 1 heterocycles. The second-order valence-electron chi connectivity index (χ2n) is 4.40. The van der Waals surface area contributed by atoms with Crippen molar-refractivity contribution in [3.63, 3.8) is 0 Å². The topological polar surface area (TPSA) is 30.5 Å². The minimum Gasteiger partial charge on any atom is -0.493 e. The van der Waals surface area contributed by atoms with Gasteiger partial charge in [-0.15, -0.1) is 11.3 Å². The van der Waals surface area contributed by atoms with E-state index >= 15 is 0 Å². The van der Waals surface area contributed by atoms with Crippen molar-refractivity contribution in [2.75, 3.05) is 21.3 Å². The number of hydrogen-bond donors (Lipinski definition) is 1. The van der Waals surface area contributed by atoms with Gasteiger partial charge in [0.1, 0.15) is 0 Å². The van der Waals surface area contributed by atoms with Gasteiger partial charge in [-0.1, -0.05) is 6.07 Å². The fraction of sp³-hybridized carbons (Fsp3) is 0.333. The van der Waals surface area contributed by atoms with Crippen molar-refractivity contribution in [1.29, 1.82) is 0 Å². The minimum absolute atomic E-state index is 0.136. The van der Waals surface area contributed by atoms with Crippen LogP contribution in [0.3, 0.4) is 0 Å². The fourth-order valence-corrected chi connectivity index (χ4v) is 4.03. The molecular formula is C15H18BrNO2S. The molecule has 3 nitrogen and oxygen atoms in total. The van der Waals surface area contributed by atoms with Gasteiger partial charge < -0.3 is 14.8 Å². The molecule has 1 atom stereocenters. The van der Waals surface area contributed by atoms with E-state index in [0.717, 1.165) is 20.8 Å². The van der Waals surface area contributed by atoms with Crippen LogP contribution in [0.1, 0.15) is 22.0 Å². The van der Waals surface area contributed by atoms with Gasteiger partial charge in [0, 0.05) is 4.88 Å². The zero-order chi connectivity index (χ0) is 14.7. The average Bonchev–Trinajstić information content (AvgIpc) is 2.78. The molecule has 1 N–H and O–H groups in total. The van der Waals surface area contributed by atoms with Crippen LogP contribution in [-0.4, -0.2) is 21.3 Å². The van der Waals surface area contributed by atoms with Gasteiger partial charge in [-0.3, -0.25) is 0 Å². The smallest absolute Gasteiger partial charge is 0.161 e. The zero-order valence-corrected chi connectivity index (χ0v) is 14.4. The van der Waals surface area contributed by atoms with E-state index in [1.165, 1.54) is 10.4 Å². The number of ether oxygens (including phenoxy) is 2. The first-order valence-electron chi connectivity index (χ1n) is 6.25. The van der Waals surface area contributed by atoms with Crippen LogP contribution in [0.4, 0.5) is 0 Å². The molecule has 1 unspecified atom stereocenters. The summed E-state index contributed by atoms with van der Waals surface area (Å²) in [6.07, 6.45) is 0. The highest BCUT2D eigenvalue weighted by atomic mass is 79.9. The van der Waals surface area contributed by atoms with Crippen molar-refractivity contribution in [2.24, 2.45) is 0 Å². The van der Waals surface area contributed by atoms with Crippen LogP contribution < -0.4 is 14.8 Å². The lowest BCUT2D eigenvalue weighted by Crippen LogP contribution is -2.17. The SMILES string of the molecule is CNC(c1ccc(OC)c(OC)c1)c1cc(Br)sc1C. The molecule has 0 aliphatic rings. The molecule has 0 fully saturated rings. The van der Waals surface area contributed by atoms with Gasteiger partial charge in [0.25, 0.3) is 0 Å². The summed E-state index contributed by atoms with van der Waals surface area (Å²) in [4.78, 5) is 1.30. The normalized spacial score (nSPS) is 12.2. The van der Waals surface area contributed by atoms with Gasteiger partial charge in [0.2, 0.25) is 0 Å². The molecule has 0 radical (unpaired) electrons. The van der Waals surface area contributed by atoms with Crippen LogP contribution in [-0.2, 0) is 0 Å². The molecule has 20 heavy (non-hydrogen) atoms. The molecule has 5 heteroatoms. The summed E-state index contributed by atoms with van der Waals surface area (Å²) in [5.41, 5.74) is 2.43. The van der Waals surface area contributed by atoms with E-state index in [1.54, 1.807) is 25.6 Å². The number of aryl methyl sites for hydroxylation is 1. The number of methoxy groups -OCH3 is 2. The molecule has 0 aliphatic heterocycles. The lowest BCUT2D eigenvalue weighted by atomic mass is 9.99. The number of rotatable bonds is 5. The van der Waals surface area contributed by atoms with E-state index in [9.17, 15) is 0 Å². The quantitative estimate of drug-likeness (QED) is 0.873. The van der Waals surface area contributed by atoms with Gasteiger partial charge >= 0.3 is 0 Å². The molecule has 1 aromatic carbocycles. The summed E-state index contributed by atoms with van der Waals surface area (Å²) < 4.78 is 11.8. The van der Waals surface area contributed by atoms with Crippen molar-refractivity contribution >= 4 is 27.3 Å². The third-order valence-electron chi connectivity index (χ3n) is 3.27. The summed E-state index contributed by atoms with van der Waals surface area (Å²) in [6.45, 7) is 2.13. The Morgan fingerprint density at radius 1 is 1.15 bits per heavy atom. The molecular weight excluding hydrogens is 338 g/mol. The Morgan fingerprint density at radius 2 is 1.85 bits per heavy atom. The monoisotopic (exact) mass is 355 g/mol. The third kappa shape index (κ3) is 3.00. The van der Waals surface area contributed by atoms with Crippen LogP contribution in [0.15, 0.2) is 28.1 Å². The Morgan fingerprint density at radius 3 is 2.35 bits per heavy atom. The minimum atomic E-state index is 0.136. The van der Waals surface area contributed by atoms with E-state index in [-0.39, 0.29) is 6.04 Å². The van der Waals surface area contributed by atoms with Gasteiger partial charge in [0.15, 0.2) is 11.5 Å². The fourth-order valence-electron chi connectivity index (χ4n) is 2.28. The van der Waals surface area contributed by atoms with E-state index in [0.29, 0.717) is 0 Å². The predicted octanol–water partition coefficient (Wildman–Crippen LogP) is 4.15. The lowest BCUT2D eigenvalue weighted by Gasteiger charge is -2.18. The Balaban J connectivity index is 2.44. The molecule has 0 bridgehead atoms. The summed E-state index contributed by atoms with van der Waals surface area (Å²) in [6, 6.07) is 8.32. The summed E-state index contributed by atoms with van der Waals surface area (Å²) in [5.74, 6) is 1.49. The first kappa shape index (κ1) is 15.4. The molecule has 108 valence electrons. The number of benzene rings is 1. The predicted molar refractivity (Wildman–Crippen MR) is 87.2 cm³/mol. The highest BCUT2D eigenvalue weighted by Crippen LogP contribution is 2.36. The Kier molecular flexibility index (Phi) is 5.07. The van der Waals surface area contributed by atoms with Crippen molar-refractivity contribution < 1.29 is 9.47 Å². The second-order valence-corrected chi connectivity index (χ2v) is 7.03.